The summed E-state index contributed by atoms with van der Waals surface area (Å²) in [5.41, 5.74) is 0.837. The molecule has 0 unspecified atom stereocenters. The van der Waals surface area contributed by atoms with Gasteiger partial charge in [0.15, 0.2) is 15.8 Å². The standard InChI is InChI=1S/C18H14F2N2O3S2/c1-2-24-13-7-3-5-11(15(13)25-17(19)20)9-14-16(23)22(18(26)27-14)12-6-4-8-21-10-12/h3-10,17H,2H2,1H3/b14-9-. The van der Waals surface area contributed by atoms with Crippen molar-refractivity contribution in [3.8, 4) is 11.5 Å². The highest BCUT2D eigenvalue weighted by Gasteiger charge is 2.33. The van der Waals surface area contributed by atoms with E-state index in [9.17, 15) is 13.6 Å². The molecule has 1 aromatic heterocycles. The van der Waals surface area contributed by atoms with Crippen molar-refractivity contribution in [1.82, 2.24) is 4.98 Å². The maximum absolute atomic E-state index is 12.8. The lowest BCUT2D eigenvalue weighted by Gasteiger charge is -2.14. The molecule has 9 heteroatoms. The minimum atomic E-state index is -3.02. The normalized spacial score (nSPS) is 15.7. The number of amides is 1. The highest BCUT2D eigenvalue weighted by atomic mass is 32.2. The Balaban J connectivity index is 1.98. The summed E-state index contributed by atoms with van der Waals surface area (Å²) in [4.78, 5) is 18.4. The lowest BCUT2D eigenvalue weighted by atomic mass is 10.1. The molecular formula is C18H14F2N2O3S2. The summed E-state index contributed by atoms with van der Waals surface area (Å²) in [5, 5.41) is 0. The quantitative estimate of drug-likeness (QED) is 0.519. The first-order valence-corrected chi connectivity index (χ1v) is 9.12. The van der Waals surface area contributed by atoms with Crippen LogP contribution in [0.1, 0.15) is 12.5 Å². The fraction of sp³-hybridized carbons (Fsp3) is 0.167. The van der Waals surface area contributed by atoms with Crippen LogP contribution in [0.3, 0.4) is 0 Å². The molecule has 0 radical (unpaired) electrons. The van der Waals surface area contributed by atoms with Crippen LogP contribution < -0.4 is 14.4 Å². The van der Waals surface area contributed by atoms with E-state index in [1.54, 1.807) is 37.4 Å². The van der Waals surface area contributed by atoms with Crippen LogP contribution in [0.25, 0.3) is 6.08 Å². The van der Waals surface area contributed by atoms with E-state index in [0.717, 1.165) is 11.8 Å². The molecule has 0 aliphatic carbocycles. The number of pyridine rings is 1. The van der Waals surface area contributed by atoms with Gasteiger partial charge in [0, 0.05) is 11.8 Å². The van der Waals surface area contributed by atoms with Gasteiger partial charge in [0.25, 0.3) is 5.91 Å². The fourth-order valence-corrected chi connectivity index (χ4v) is 3.74. The molecule has 2 aromatic rings. The van der Waals surface area contributed by atoms with Crippen LogP contribution in [0.15, 0.2) is 47.6 Å². The van der Waals surface area contributed by atoms with Crippen LogP contribution in [0.2, 0.25) is 0 Å². The molecule has 3 rings (SSSR count). The number of thiocarbonyl (C=S) groups is 1. The van der Waals surface area contributed by atoms with Crippen molar-refractivity contribution in [3.05, 3.63) is 53.2 Å². The summed E-state index contributed by atoms with van der Waals surface area (Å²) in [6.07, 6.45) is 4.58. The minimum Gasteiger partial charge on any atom is -0.490 e. The number of hydrogen-bond donors (Lipinski definition) is 0. The maximum atomic E-state index is 12.8. The summed E-state index contributed by atoms with van der Waals surface area (Å²) in [6.45, 7) is -1.01. The summed E-state index contributed by atoms with van der Waals surface area (Å²) in [5.74, 6) is -0.307. The number of carbonyl (C=O) groups excluding carboxylic acids is 1. The fourth-order valence-electron chi connectivity index (χ4n) is 2.45. The van der Waals surface area contributed by atoms with Gasteiger partial charge in [-0.3, -0.25) is 14.7 Å². The van der Waals surface area contributed by atoms with Crippen LogP contribution in [0, 0.1) is 0 Å². The molecule has 0 atom stereocenters. The molecule has 1 aliphatic rings. The van der Waals surface area contributed by atoms with Gasteiger partial charge in [-0.2, -0.15) is 8.78 Å². The number of para-hydroxylation sites is 1. The summed E-state index contributed by atoms with van der Waals surface area (Å²) in [6, 6.07) is 8.13. The highest BCUT2D eigenvalue weighted by molar-refractivity contribution is 8.27. The van der Waals surface area contributed by atoms with E-state index in [0.29, 0.717) is 15.6 Å². The first-order valence-electron chi connectivity index (χ1n) is 7.90. The molecule has 0 bridgehead atoms. The van der Waals surface area contributed by atoms with E-state index < -0.39 is 6.61 Å². The topological polar surface area (TPSA) is 51.7 Å². The number of ether oxygens (including phenoxy) is 2. The van der Waals surface area contributed by atoms with Crippen LogP contribution in [-0.2, 0) is 4.79 Å². The number of nitrogens with zero attached hydrogens (tertiary/aromatic N) is 2. The van der Waals surface area contributed by atoms with Gasteiger partial charge in [-0.1, -0.05) is 36.1 Å². The molecule has 5 nitrogen and oxygen atoms in total. The Morgan fingerprint density at radius 2 is 2.15 bits per heavy atom. The summed E-state index contributed by atoms with van der Waals surface area (Å²) < 4.78 is 36.0. The smallest absolute Gasteiger partial charge is 0.387 e. The number of aromatic nitrogens is 1. The summed E-state index contributed by atoms with van der Waals surface area (Å²) in [7, 11) is 0. The Bertz CT molecular complexity index is 891. The molecule has 27 heavy (non-hydrogen) atoms. The molecule has 140 valence electrons. The zero-order chi connectivity index (χ0) is 19.4. The average Bonchev–Trinajstić information content (AvgIpc) is 2.92. The molecule has 0 N–H and O–H groups in total. The number of alkyl halides is 2. The Kier molecular flexibility index (Phi) is 6.02. The number of hydrogen-bond acceptors (Lipinski definition) is 6. The SMILES string of the molecule is CCOc1cccc(/C=C2\SC(=S)N(c3cccnc3)C2=O)c1OC(F)F. The van der Waals surface area contributed by atoms with Gasteiger partial charge in [0.1, 0.15) is 0 Å². The number of anilines is 1. The first-order chi connectivity index (χ1) is 13.0. The molecule has 0 saturated carbocycles. The van der Waals surface area contributed by atoms with E-state index in [4.69, 9.17) is 17.0 Å². The number of benzene rings is 1. The van der Waals surface area contributed by atoms with Crippen molar-refractivity contribution < 1.29 is 23.0 Å². The van der Waals surface area contributed by atoms with Gasteiger partial charge in [-0.05, 0) is 31.2 Å². The van der Waals surface area contributed by atoms with Gasteiger partial charge >= 0.3 is 6.61 Å². The monoisotopic (exact) mass is 408 g/mol. The lowest BCUT2D eigenvalue weighted by Crippen LogP contribution is -2.27. The van der Waals surface area contributed by atoms with E-state index >= 15 is 0 Å². The number of thioether (sulfide) groups is 1. The minimum absolute atomic E-state index is 0.124. The van der Waals surface area contributed by atoms with Crippen LogP contribution in [0.4, 0.5) is 14.5 Å². The maximum Gasteiger partial charge on any atom is 0.387 e. The van der Waals surface area contributed by atoms with Crippen molar-refractivity contribution in [2.24, 2.45) is 0 Å². The molecule has 1 aliphatic heterocycles. The Hall–Kier alpha value is -2.52. The highest BCUT2D eigenvalue weighted by Crippen LogP contribution is 2.39. The second-order valence-corrected chi connectivity index (χ2v) is 6.89. The third kappa shape index (κ3) is 4.25. The van der Waals surface area contributed by atoms with Crippen LogP contribution in [0.5, 0.6) is 11.5 Å². The second kappa shape index (κ2) is 8.45. The first kappa shape index (κ1) is 19.2. The largest absolute Gasteiger partial charge is 0.490 e. The summed E-state index contributed by atoms with van der Waals surface area (Å²) >= 11 is 6.36. The molecule has 1 aromatic carbocycles. The Morgan fingerprint density at radius 3 is 2.81 bits per heavy atom. The Labute approximate surface area is 164 Å². The molecule has 1 amide bonds. The van der Waals surface area contributed by atoms with Crippen LogP contribution >= 0.6 is 24.0 Å². The van der Waals surface area contributed by atoms with Crippen molar-refractivity contribution >= 4 is 46.0 Å². The second-order valence-electron chi connectivity index (χ2n) is 5.21. The molecular weight excluding hydrogens is 394 g/mol. The van der Waals surface area contributed by atoms with Crippen molar-refractivity contribution in [1.29, 1.82) is 0 Å². The van der Waals surface area contributed by atoms with Gasteiger partial charge in [-0.15, -0.1) is 0 Å². The van der Waals surface area contributed by atoms with Gasteiger partial charge < -0.3 is 9.47 Å². The van der Waals surface area contributed by atoms with E-state index in [1.807, 2.05) is 0 Å². The zero-order valence-corrected chi connectivity index (χ0v) is 15.7. The van der Waals surface area contributed by atoms with Gasteiger partial charge in [-0.25, -0.2) is 0 Å². The number of carbonyl (C=O) groups is 1. The third-order valence-electron chi connectivity index (χ3n) is 3.50. The van der Waals surface area contributed by atoms with E-state index in [-0.39, 0.29) is 28.9 Å². The predicted molar refractivity (Wildman–Crippen MR) is 104 cm³/mol. The van der Waals surface area contributed by atoms with Gasteiger partial charge in [0.05, 0.1) is 23.4 Å². The van der Waals surface area contributed by atoms with E-state index in [1.165, 1.54) is 23.2 Å². The molecule has 1 fully saturated rings. The third-order valence-corrected chi connectivity index (χ3v) is 4.80. The lowest BCUT2D eigenvalue weighted by molar-refractivity contribution is -0.113. The number of halogens is 2. The van der Waals surface area contributed by atoms with Gasteiger partial charge in [0.2, 0.25) is 0 Å². The Morgan fingerprint density at radius 1 is 1.33 bits per heavy atom. The molecule has 2 heterocycles. The predicted octanol–water partition coefficient (Wildman–Crippen LogP) is 4.49. The van der Waals surface area contributed by atoms with Crippen molar-refractivity contribution in [2.75, 3.05) is 11.5 Å². The van der Waals surface area contributed by atoms with Crippen molar-refractivity contribution in [3.63, 3.8) is 0 Å². The van der Waals surface area contributed by atoms with E-state index in [2.05, 4.69) is 9.72 Å². The van der Waals surface area contributed by atoms with Crippen LogP contribution in [-0.4, -0.2) is 28.4 Å². The molecule has 0 spiro atoms. The number of rotatable bonds is 6. The average molecular weight is 408 g/mol. The molecule has 1 saturated heterocycles. The zero-order valence-electron chi connectivity index (χ0n) is 14.1. The van der Waals surface area contributed by atoms with Crippen molar-refractivity contribution in [2.45, 2.75) is 13.5 Å².